The molecule has 0 aliphatic carbocycles. The van der Waals surface area contributed by atoms with Gasteiger partial charge in [-0.05, 0) is 31.4 Å². The summed E-state index contributed by atoms with van der Waals surface area (Å²) < 4.78 is 5.51. The second-order valence-corrected chi connectivity index (χ2v) is 6.45. The third-order valence-electron chi connectivity index (χ3n) is 4.36. The molecule has 6 nitrogen and oxygen atoms in total. The maximum Gasteiger partial charge on any atom is 0.259 e. The van der Waals surface area contributed by atoms with Crippen molar-refractivity contribution in [3.8, 4) is 11.8 Å². The lowest BCUT2D eigenvalue weighted by Gasteiger charge is -2.27. The summed E-state index contributed by atoms with van der Waals surface area (Å²) >= 11 is 0. The molecule has 2 amide bonds. The Hall–Kier alpha value is -2.55. The molecule has 0 unspecified atom stereocenters. The predicted molar refractivity (Wildman–Crippen MR) is 90.5 cm³/mol. The number of nitriles is 1. The number of carbonyl (C=O) groups is 2. The van der Waals surface area contributed by atoms with Crippen LogP contribution in [0.25, 0.3) is 0 Å². The highest BCUT2D eigenvalue weighted by Gasteiger charge is 2.30. The largest absolute Gasteiger partial charge is 0.484 e. The average molecular weight is 329 g/mol. The molecular formula is C18H23N3O3. The minimum absolute atomic E-state index is 0.0176. The topological polar surface area (TPSA) is 82.4 Å². The van der Waals surface area contributed by atoms with Crippen molar-refractivity contribution in [3.05, 3.63) is 24.3 Å². The van der Waals surface area contributed by atoms with E-state index < -0.39 is 5.54 Å². The highest BCUT2D eigenvalue weighted by molar-refractivity contribution is 5.95. The summed E-state index contributed by atoms with van der Waals surface area (Å²) in [6, 6.07) is 9.26. The summed E-state index contributed by atoms with van der Waals surface area (Å²) in [6.07, 6.45) is 1.42. The minimum atomic E-state index is -0.926. The predicted octanol–water partition coefficient (Wildman–Crippen LogP) is 2.25. The lowest BCUT2D eigenvalue weighted by atomic mass is 9.90. The molecule has 0 saturated carbocycles. The van der Waals surface area contributed by atoms with E-state index in [1.807, 2.05) is 19.9 Å². The molecule has 1 heterocycles. The third-order valence-corrected chi connectivity index (χ3v) is 4.36. The zero-order chi connectivity index (χ0) is 17.7. The minimum Gasteiger partial charge on any atom is -0.484 e. The fourth-order valence-electron chi connectivity index (χ4n) is 2.44. The second kappa shape index (κ2) is 7.35. The molecule has 0 spiro atoms. The Kier molecular flexibility index (Phi) is 5.45. The fraction of sp³-hybridized carbons (Fsp3) is 0.500. The van der Waals surface area contributed by atoms with Crippen LogP contribution in [0.5, 0.6) is 5.75 Å². The van der Waals surface area contributed by atoms with E-state index in [1.165, 1.54) is 0 Å². The van der Waals surface area contributed by atoms with E-state index in [0.29, 0.717) is 18.7 Å². The zero-order valence-corrected chi connectivity index (χ0v) is 14.3. The number of hydrogen-bond donors (Lipinski definition) is 1. The summed E-state index contributed by atoms with van der Waals surface area (Å²) in [5.74, 6) is 0.253. The summed E-state index contributed by atoms with van der Waals surface area (Å²) in [4.78, 5) is 25.6. The van der Waals surface area contributed by atoms with E-state index in [1.54, 1.807) is 30.0 Å². The van der Waals surface area contributed by atoms with Crippen molar-refractivity contribution in [2.24, 2.45) is 5.92 Å². The van der Waals surface area contributed by atoms with Gasteiger partial charge in [-0.2, -0.15) is 5.26 Å². The lowest BCUT2D eigenvalue weighted by molar-refractivity contribution is -0.124. The molecule has 2 rings (SSSR count). The van der Waals surface area contributed by atoms with Crippen LogP contribution in [0.4, 0.5) is 5.69 Å². The number of carbonyl (C=O) groups excluding carboxylic acids is 2. The van der Waals surface area contributed by atoms with Crippen molar-refractivity contribution in [1.82, 2.24) is 5.32 Å². The van der Waals surface area contributed by atoms with Gasteiger partial charge in [0.25, 0.3) is 5.91 Å². The van der Waals surface area contributed by atoms with Gasteiger partial charge >= 0.3 is 0 Å². The SMILES string of the molecule is CC(C)[C@@](C)(C#N)NC(=O)COc1cccc(N2CCCC2=O)c1. The monoisotopic (exact) mass is 329 g/mol. The van der Waals surface area contributed by atoms with Crippen molar-refractivity contribution in [1.29, 1.82) is 5.26 Å². The van der Waals surface area contributed by atoms with Crippen LogP contribution in [-0.4, -0.2) is 30.5 Å². The van der Waals surface area contributed by atoms with Crippen LogP contribution in [-0.2, 0) is 9.59 Å². The molecule has 128 valence electrons. The van der Waals surface area contributed by atoms with Crippen LogP contribution >= 0.6 is 0 Å². The molecular weight excluding hydrogens is 306 g/mol. The molecule has 6 heteroatoms. The first-order chi connectivity index (χ1) is 11.4. The van der Waals surface area contributed by atoms with Gasteiger partial charge < -0.3 is 15.0 Å². The van der Waals surface area contributed by atoms with E-state index in [2.05, 4.69) is 11.4 Å². The van der Waals surface area contributed by atoms with Gasteiger partial charge in [-0.15, -0.1) is 0 Å². The Balaban J connectivity index is 1.96. The average Bonchev–Trinajstić information content (AvgIpc) is 2.99. The van der Waals surface area contributed by atoms with Crippen LogP contribution in [0.1, 0.15) is 33.6 Å². The third kappa shape index (κ3) is 4.05. The zero-order valence-electron chi connectivity index (χ0n) is 14.3. The van der Waals surface area contributed by atoms with Gasteiger partial charge in [0, 0.05) is 24.7 Å². The number of benzene rings is 1. The normalized spacial score (nSPS) is 16.6. The molecule has 1 N–H and O–H groups in total. The summed E-state index contributed by atoms with van der Waals surface area (Å²) in [5, 5.41) is 11.9. The molecule has 1 aliphatic heterocycles. The van der Waals surface area contributed by atoms with E-state index in [0.717, 1.165) is 12.1 Å². The Morgan fingerprint density at radius 2 is 2.25 bits per heavy atom. The molecule has 1 aliphatic rings. The molecule has 0 aromatic heterocycles. The van der Waals surface area contributed by atoms with E-state index in [4.69, 9.17) is 4.74 Å². The Morgan fingerprint density at radius 1 is 1.50 bits per heavy atom. The van der Waals surface area contributed by atoms with Crippen LogP contribution in [0.3, 0.4) is 0 Å². The summed E-state index contributed by atoms with van der Waals surface area (Å²) in [7, 11) is 0. The van der Waals surface area contributed by atoms with Crippen molar-refractivity contribution >= 4 is 17.5 Å². The molecule has 1 atom stereocenters. The first kappa shape index (κ1) is 17.8. The van der Waals surface area contributed by atoms with Gasteiger partial charge in [-0.25, -0.2) is 0 Å². The van der Waals surface area contributed by atoms with Crippen molar-refractivity contribution < 1.29 is 14.3 Å². The summed E-state index contributed by atoms with van der Waals surface area (Å²) in [6.45, 7) is 5.97. The van der Waals surface area contributed by atoms with E-state index in [9.17, 15) is 14.9 Å². The summed E-state index contributed by atoms with van der Waals surface area (Å²) in [5.41, 5.74) is -0.149. The number of hydrogen-bond acceptors (Lipinski definition) is 4. The van der Waals surface area contributed by atoms with Crippen molar-refractivity contribution in [2.45, 2.75) is 39.2 Å². The van der Waals surface area contributed by atoms with Crippen LogP contribution in [0.2, 0.25) is 0 Å². The number of rotatable bonds is 6. The highest BCUT2D eigenvalue weighted by atomic mass is 16.5. The fourth-order valence-corrected chi connectivity index (χ4v) is 2.44. The number of nitrogens with zero attached hydrogens (tertiary/aromatic N) is 2. The van der Waals surface area contributed by atoms with Gasteiger partial charge in [0.2, 0.25) is 5.91 Å². The molecule has 0 bridgehead atoms. The maximum atomic E-state index is 12.0. The van der Waals surface area contributed by atoms with Gasteiger partial charge in [0.1, 0.15) is 11.3 Å². The first-order valence-electron chi connectivity index (χ1n) is 8.11. The second-order valence-electron chi connectivity index (χ2n) is 6.45. The Bertz CT molecular complexity index is 666. The van der Waals surface area contributed by atoms with Gasteiger partial charge in [0.05, 0.1) is 6.07 Å². The van der Waals surface area contributed by atoms with Crippen LogP contribution in [0, 0.1) is 17.2 Å². The van der Waals surface area contributed by atoms with Crippen LogP contribution < -0.4 is 15.0 Å². The van der Waals surface area contributed by atoms with Gasteiger partial charge in [-0.1, -0.05) is 19.9 Å². The quantitative estimate of drug-likeness (QED) is 0.868. The number of amides is 2. The molecule has 1 aromatic rings. The Labute approximate surface area is 142 Å². The van der Waals surface area contributed by atoms with Crippen molar-refractivity contribution in [2.75, 3.05) is 18.1 Å². The van der Waals surface area contributed by atoms with E-state index in [-0.39, 0.29) is 24.3 Å². The van der Waals surface area contributed by atoms with E-state index >= 15 is 0 Å². The maximum absolute atomic E-state index is 12.0. The van der Waals surface area contributed by atoms with Gasteiger partial charge in [0.15, 0.2) is 6.61 Å². The number of ether oxygens (including phenoxy) is 1. The lowest BCUT2D eigenvalue weighted by Crippen LogP contribution is -2.50. The van der Waals surface area contributed by atoms with Crippen LogP contribution in [0.15, 0.2) is 24.3 Å². The molecule has 1 fully saturated rings. The van der Waals surface area contributed by atoms with Gasteiger partial charge in [-0.3, -0.25) is 9.59 Å². The molecule has 0 radical (unpaired) electrons. The molecule has 1 aromatic carbocycles. The highest BCUT2D eigenvalue weighted by Crippen LogP contribution is 2.25. The molecule has 24 heavy (non-hydrogen) atoms. The smallest absolute Gasteiger partial charge is 0.259 e. The number of nitrogens with one attached hydrogen (secondary N) is 1. The van der Waals surface area contributed by atoms with Crippen molar-refractivity contribution in [3.63, 3.8) is 0 Å². The number of anilines is 1. The standard InChI is InChI=1S/C18H23N3O3/c1-13(2)18(3,12-19)20-16(22)11-24-15-7-4-6-14(10-15)21-9-5-8-17(21)23/h4,6-7,10,13H,5,8-9,11H2,1-3H3,(H,20,22)/t18-/m1/s1. The molecule has 1 saturated heterocycles. The first-order valence-corrected chi connectivity index (χ1v) is 8.11. The Morgan fingerprint density at radius 3 is 2.83 bits per heavy atom.